The van der Waals surface area contributed by atoms with Crippen molar-refractivity contribution in [2.24, 2.45) is 0 Å². The third-order valence-corrected chi connectivity index (χ3v) is 1.87. The molecule has 0 atom stereocenters. The highest BCUT2D eigenvalue weighted by Crippen LogP contribution is 2.22. The molecule has 3 heteroatoms. The highest BCUT2D eigenvalue weighted by Gasteiger charge is 2.13. The van der Waals surface area contributed by atoms with Gasteiger partial charge in [0.05, 0.1) is 12.3 Å². The lowest BCUT2D eigenvalue weighted by atomic mass is 10.3. The first-order chi connectivity index (χ1) is 5.90. The summed E-state index contributed by atoms with van der Waals surface area (Å²) < 4.78 is 10.4. The molecule has 0 saturated carbocycles. The van der Waals surface area contributed by atoms with Gasteiger partial charge in [-0.1, -0.05) is 12.1 Å². The van der Waals surface area contributed by atoms with Crippen molar-refractivity contribution in [3.63, 3.8) is 0 Å². The van der Waals surface area contributed by atoms with Gasteiger partial charge in [-0.05, 0) is 12.5 Å². The van der Waals surface area contributed by atoms with Gasteiger partial charge in [0.15, 0.2) is 5.76 Å². The Bertz CT molecular complexity index is 301. The van der Waals surface area contributed by atoms with Crippen molar-refractivity contribution in [1.82, 2.24) is 5.16 Å². The summed E-state index contributed by atoms with van der Waals surface area (Å²) in [6.07, 6.45) is 3.90. The van der Waals surface area contributed by atoms with Crippen LogP contribution in [-0.2, 0) is 11.2 Å². The Hall–Kier alpha value is -1.25. The van der Waals surface area contributed by atoms with Crippen LogP contribution in [-0.4, -0.2) is 11.8 Å². The van der Waals surface area contributed by atoms with Crippen molar-refractivity contribution >= 4 is 5.76 Å². The van der Waals surface area contributed by atoms with Gasteiger partial charge in [-0.25, -0.2) is 0 Å². The van der Waals surface area contributed by atoms with Crippen LogP contribution in [0, 0.1) is 0 Å². The minimum atomic E-state index is 0.754. The summed E-state index contributed by atoms with van der Waals surface area (Å²) in [7, 11) is 0. The minimum absolute atomic E-state index is 0.754. The van der Waals surface area contributed by atoms with Gasteiger partial charge >= 0.3 is 0 Å². The van der Waals surface area contributed by atoms with Crippen LogP contribution >= 0.6 is 0 Å². The second kappa shape index (κ2) is 3.01. The third kappa shape index (κ3) is 1.22. The maximum absolute atomic E-state index is 5.32. The largest absolute Gasteiger partial charge is 0.490 e. The molecule has 1 aromatic rings. The lowest BCUT2D eigenvalue weighted by Gasteiger charge is -1.95. The van der Waals surface area contributed by atoms with Gasteiger partial charge in [-0.3, -0.25) is 0 Å². The summed E-state index contributed by atoms with van der Waals surface area (Å²) in [4.78, 5) is 0. The fourth-order valence-corrected chi connectivity index (χ4v) is 1.18. The van der Waals surface area contributed by atoms with Crippen LogP contribution in [0.2, 0.25) is 0 Å². The molecule has 12 heavy (non-hydrogen) atoms. The Balaban J connectivity index is 2.22. The molecule has 0 aromatic carbocycles. The molecule has 1 aromatic heterocycles. The first kappa shape index (κ1) is 7.40. The molecule has 1 aliphatic rings. The molecule has 0 radical (unpaired) electrons. The summed E-state index contributed by atoms with van der Waals surface area (Å²) >= 11 is 0. The summed E-state index contributed by atoms with van der Waals surface area (Å²) in [6, 6.07) is 1.93. The number of ether oxygens (including phenoxy) is 1. The summed E-state index contributed by atoms with van der Waals surface area (Å²) in [5.41, 5.74) is 0.974. The van der Waals surface area contributed by atoms with Crippen molar-refractivity contribution < 1.29 is 9.26 Å². The lowest BCUT2D eigenvalue weighted by molar-refractivity contribution is 0.287. The van der Waals surface area contributed by atoms with Crippen LogP contribution in [0.3, 0.4) is 0 Å². The molecule has 0 aliphatic carbocycles. The van der Waals surface area contributed by atoms with Crippen molar-refractivity contribution in [2.45, 2.75) is 19.8 Å². The second-order valence-electron chi connectivity index (χ2n) is 2.74. The van der Waals surface area contributed by atoms with Gasteiger partial charge < -0.3 is 9.26 Å². The van der Waals surface area contributed by atoms with E-state index in [1.807, 2.05) is 19.1 Å². The van der Waals surface area contributed by atoms with Crippen LogP contribution in [0.1, 0.15) is 24.8 Å². The molecule has 0 fully saturated rings. The number of rotatable bonds is 2. The monoisotopic (exact) mass is 165 g/mol. The number of aromatic nitrogens is 1. The quantitative estimate of drug-likeness (QED) is 0.672. The van der Waals surface area contributed by atoms with Crippen molar-refractivity contribution in [3.05, 3.63) is 23.6 Å². The molecule has 1 aliphatic heterocycles. The number of nitrogens with zero attached hydrogens (tertiary/aromatic N) is 1. The molecule has 0 bridgehead atoms. The highest BCUT2D eigenvalue weighted by atomic mass is 16.5. The lowest BCUT2D eigenvalue weighted by Crippen LogP contribution is -1.82. The number of hydrogen-bond acceptors (Lipinski definition) is 3. The van der Waals surface area contributed by atoms with Crippen LogP contribution in [0.15, 0.2) is 16.7 Å². The molecule has 2 rings (SSSR count). The van der Waals surface area contributed by atoms with Crippen molar-refractivity contribution in [3.8, 4) is 0 Å². The number of hydrogen-bond donors (Lipinski definition) is 0. The van der Waals surface area contributed by atoms with E-state index in [0.717, 1.165) is 36.7 Å². The number of aryl methyl sites for hydroxylation is 1. The standard InChI is InChI=1S/C9H11NO2/c1-2-7-6-9(12-10-7)8-4-3-5-11-8/h4,6H,2-3,5H2,1H3. The predicted octanol–water partition coefficient (Wildman–Crippen LogP) is 2.00. The van der Waals surface area contributed by atoms with Crippen LogP contribution < -0.4 is 0 Å². The van der Waals surface area contributed by atoms with Gasteiger partial charge in [-0.15, -0.1) is 0 Å². The molecule has 0 unspecified atom stereocenters. The van der Waals surface area contributed by atoms with Gasteiger partial charge in [0.1, 0.15) is 0 Å². The average molecular weight is 165 g/mol. The smallest absolute Gasteiger partial charge is 0.201 e. The minimum Gasteiger partial charge on any atom is -0.490 e. The van der Waals surface area contributed by atoms with E-state index in [1.54, 1.807) is 0 Å². The molecule has 0 spiro atoms. The molecule has 3 nitrogen and oxygen atoms in total. The maximum Gasteiger partial charge on any atom is 0.201 e. The average Bonchev–Trinajstić information content (AvgIpc) is 2.75. The zero-order chi connectivity index (χ0) is 8.39. The van der Waals surface area contributed by atoms with Crippen LogP contribution in [0.5, 0.6) is 0 Å². The Morgan fingerprint density at radius 1 is 1.58 bits per heavy atom. The second-order valence-corrected chi connectivity index (χ2v) is 2.74. The molecule has 0 amide bonds. The first-order valence-corrected chi connectivity index (χ1v) is 4.19. The highest BCUT2D eigenvalue weighted by molar-refractivity contribution is 5.56. The van der Waals surface area contributed by atoms with E-state index in [0.29, 0.717) is 0 Å². The van der Waals surface area contributed by atoms with Crippen LogP contribution in [0.4, 0.5) is 0 Å². The molecule has 2 heterocycles. The van der Waals surface area contributed by atoms with E-state index in [-0.39, 0.29) is 0 Å². The predicted molar refractivity (Wildman–Crippen MR) is 44.4 cm³/mol. The van der Waals surface area contributed by atoms with E-state index in [2.05, 4.69) is 5.16 Å². The normalized spacial score (nSPS) is 15.9. The molecular weight excluding hydrogens is 154 g/mol. The Morgan fingerprint density at radius 3 is 3.08 bits per heavy atom. The zero-order valence-electron chi connectivity index (χ0n) is 7.04. The topological polar surface area (TPSA) is 35.3 Å². The Labute approximate surface area is 71.0 Å². The summed E-state index contributed by atoms with van der Waals surface area (Å²) in [5.74, 6) is 1.59. The SMILES string of the molecule is CCc1cc(C2=CCCO2)on1. The van der Waals surface area contributed by atoms with Crippen molar-refractivity contribution in [1.29, 1.82) is 0 Å². The maximum atomic E-state index is 5.32. The van der Waals surface area contributed by atoms with E-state index < -0.39 is 0 Å². The third-order valence-electron chi connectivity index (χ3n) is 1.87. The fraction of sp³-hybridized carbons (Fsp3) is 0.444. The Kier molecular flexibility index (Phi) is 1.86. The van der Waals surface area contributed by atoms with E-state index in [9.17, 15) is 0 Å². The van der Waals surface area contributed by atoms with E-state index in [4.69, 9.17) is 9.26 Å². The first-order valence-electron chi connectivity index (χ1n) is 4.19. The molecule has 0 N–H and O–H groups in total. The van der Waals surface area contributed by atoms with E-state index in [1.165, 1.54) is 0 Å². The van der Waals surface area contributed by atoms with Crippen molar-refractivity contribution in [2.75, 3.05) is 6.61 Å². The zero-order valence-corrected chi connectivity index (χ0v) is 7.04. The fourth-order valence-electron chi connectivity index (χ4n) is 1.18. The van der Waals surface area contributed by atoms with Crippen LogP contribution in [0.25, 0.3) is 5.76 Å². The van der Waals surface area contributed by atoms with E-state index >= 15 is 0 Å². The van der Waals surface area contributed by atoms with Gasteiger partial charge in [0.25, 0.3) is 0 Å². The van der Waals surface area contributed by atoms with Gasteiger partial charge in [0.2, 0.25) is 5.76 Å². The summed E-state index contributed by atoms with van der Waals surface area (Å²) in [6.45, 7) is 2.81. The molecule has 0 saturated heterocycles. The Morgan fingerprint density at radius 2 is 2.50 bits per heavy atom. The summed E-state index contributed by atoms with van der Waals surface area (Å²) in [5, 5.41) is 3.88. The molecular formula is C9H11NO2. The molecule has 64 valence electrons. The van der Waals surface area contributed by atoms with Gasteiger partial charge in [-0.2, -0.15) is 0 Å². The van der Waals surface area contributed by atoms with Gasteiger partial charge in [0, 0.05) is 12.5 Å².